The lowest BCUT2D eigenvalue weighted by Crippen LogP contribution is -2.25. The highest BCUT2D eigenvalue weighted by molar-refractivity contribution is 5.85. The third kappa shape index (κ3) is 1.62. The van der Waals surface area contributed by atoms with E-state index in [4.69, 9.17) is 4.74 Å². The molecule has 1 aromatic rings. The summed E-state index contributed by atoms with van der Waals surface area (Å²) in [7, 11) is 0. The van der Waals surface area contributed by atoms with Crippen LogP contribution in [0, 0.1) is 5.41 Å². The zero-order valence-electron chi connectivity index (χ0n) is 8.74. The van der Waals surface area contributed by atoms with Gasteiger partial charge in [-0.15, -0.1) is 0 Å². The van der Waals surface area contributed by atoms with Gasteiger partial charge in [0, 0.05) is 23.4 Å². The van der Waals surface area contributed by atoms with Gasteiger partial charge < -0.3 is 4.74 Å². The second kappa shape index (κ2) is 3.08. The van der Waals surface area contributed by atoms with E-state index >= 15 is 0 Å². The van der Waals surface area contributed by atoms with Crippen molar-refractivity contribution in [3.8, 4) is 0 Å². The van der Waals surface area contributed by atoms with E-state index < -0.39 is 0 Å². The summed E-state index contributed by atoms with van der Waals surface area (Å²) in [4.78, 5) is 8.51. The molecule has 3 heteroatoms. The number of fused-ring (bicyclic) bond motifs is 1. The fraction of sp³-hybridized carbons (Fsp3) is 0.455. The third-order valence-electron chi connectivity index (χ3n) is 2.11. The second-order valence-corrected chi connectivity index (χ2v) is 4.46. The van der Waals surface area contributed by atoms with Crippen molar-refractivity contribution in [2.75, 3.05) is 0 Å². The predicted molar refractivity (Wildman–Crippen MR) is 55.6 cm³/mol. The van der Waals surface area contributed by atoms with Crippen LogP contribution in [0.1, 0.15) is 26.3 Å². The van der Waals surface area contributed by atoms with Crippen molar-refractivity contribution in [3.05, 3.63) is 24.0 Å². The van der Waals surface area contributed by atoms with Gasteiger partial charge in [0.1, 0.15) is 6.61 Å². The molecule has 3 nitrogen and oxygen atoms in total. The average molecular weight is 190 g/mol. The van der Waals surface area contributed by atoms with Crippen LogP contribution in [0.25, 0.3) is 0 Å². The van der Waals surface area contributed by atoms with Crippen LogP contribution in [-0.2, 0) is 11.3 Å². The molecular formula is C11H14N2O. The molecule has 0 aromatic carbocycles. The molecule has 1 aliphatic rings. The van der Waals surface area contributed by atoms with Crippen LogP contribution in [0.5, 0.6) is 0 Å². The molecule has 14 heavy (non-hydrogen) atoms. The maximum Gasteiger partial charge on any atom is 0.194 e. The van der Waals surface area contributed by atoms with Crippen molar-refractivity contribution in [2.24, 2.45) is 10.4 Å². The third-order valence-corrected chi connectivity index (χ3v) is 2.11. The van der Waals surface area contributed by atoms with Crippen LogP contribution in [0.4, 0.5) is 5.69 Å². The molecule has 0 saturated carbocycles. The normalized spacial score (nSPS) is 15.5. The molecule has 0 fully saturated rings. The Morgan fingerprint density at radius 1 is 1.36 bits per heavy atom. The molecule has 0 unspecified atom stereocenters. The summed E-state index contributed by atoms with van der Waals surface area (Å²) in [6.45, 7) is 6.87. The molecule has 0 amide bonds. The van der Waals surface area contributed by atoms with E-state index in [0.29, 0.717) is 6.61 Å². The number of ether oxygens (including phenoxy) is 1. The Kier molecular flexibility index (Phi) is 2.02. The Morgan fingerprint density at radius 3 is 2.86 bits per heavy atom. The van der Waals surface area contributed by atoms with E-state index in [0.717, 1.165) is 17.1 Å². The van der Waals surface area contributed by atoms with Crippen LogP contribution in [0.2, 0.25) is 0 Å². The Labute approximate surface area is 83.8 Å². The minimum Gasteiger partial charge on any atom is -0.475 e. The molecule has 1 aromatic heterocycles. The first-order chi connectivity index (χ1) is 6.57. The van der Waals surface area contributed by atoms with Crippen LogP contribution >= 0.6 is 0 Å². The molecule has 0 aliphatic carbocycles. The van der Waals surface area contributed by atoms with Crippen molar-refractivity contribution >= 4 is 11.6 Å². The number of nitrogens with zero attached hydrogens (tertiary/aromatic N) is 2. The standard InChI is InChI=1S/C11H14N2O/c1-11(2,3)10-13-9-4-5-12-6-8(9)7-14-10/h4-6H,7H2,1-3H3. The van der Waals surface area contributed by atoms with E-state index in [2.05, 4.69) is 30.7 Å². The van der Waals surface area contributed by atoms with Gasteiger partial charge in [-0.2, -0.15) is 0 Å². The quantitative estimate of drug-likeness (QED) is 0.630. The van der Waals surface area contributed by atoms with E-state index in [1.165, 1.54) is 0 Å². The van der Waals surface area contributed by atoms with Crippen molar-refractivity contribution in [2.45, 2.75) is 27.4 Å². The van der Waals surface area contributed by atoms with Gasteiger partial charge in [-0.05, 0) is 6.07 Å². The molecule has 2 heterocycles. The number of aliphatic imine (C=N–C) groups is 1. The smallest absolute Gasteiger partial charge is 0.194 e. The Bertz CT molecular complexity index is 377. The summed E-state index contributed by atoms with van der Waals surface area (Å²) in [6, 6.07) is 1.92. The summed E-state index contributed by atoms with van der Waals surface area (Å²) >= 11 is 0. The van der Waals surface area contributed by atoms with Gasteiger partial charge >= 0.3 is 0 Å². The highest BCUT2D eigenvalue weighted by Crippen LogP contribution is 2.29. The first-order valence-corrected chi connectivity index (χ1v) is 4.72. The average Bonchev–Trinajstić information content (AvgIpc) is 2.16. The summed E-state index contributed by atoms with van der Waals surface area (Å²) in [5.74, 6) is 0.802. The van der Waals surface area contributed by atoms with Gasteiger partial charge in [-0.3, -0.25) is 4.98 Å². The number of hydrogen-bond acceptors (Lipinski definition) is 3. The topological polar surface area (TPSA) is 34.5 Å². The van der Waals surface area contributed by atoms with E-state index in [1.54, 1.807) is 12.4 Å². The zero-order valence-corrected chi connectivity index (χ0v) is 8.74. The van der Waals surface area contributed by atoms with Gasteiger partial charge in [0.15, 0.2) is 5.90 Å². The number of rotatable bonds is 0. The van der Waals surface area contributed by atoms with Crippen molar-refractivity contribution in [1.82, 2.24) is 4.98 Å². The number of aromatic nitrogens is 1. The van der Waals surface area contributed by atoms with Gasteiger partial charge in [0.05, 0.1) is 5.69 Å². The molecule has 0 atom stereocenters. The fourth-order valence-electron chi connectivity index (χ4n) is 1.31. The van der Waals surface area contributed by atoms with Crippen LogP contribution in [-0.4, -0.2) is 10.9 Å². The molecule has 0 radical (unpaired) electrons. The minimum atomic E-state index is -0.0268. The lowest BCUT2D eigenvalue weighted by molar-refractivity contribution is 0.246. The van der Waals surface area contributed by atoms with Crippen molar-refractivity contribution < 1.29 is 4.74 Å². The fourth-order valence-corrected chi connectivity index (χ4v) is 1.31. The largest absolute Gasteiger partial charge is 0.475 e. The molecule has 2 rings (SSSR count). The van der Waals surface area contributed by atoms with E-state index in [-0.39, 0.29) is 5.41 Å². The van der Waals surface area contributed by atoms with Gasteiger partial charge in [0.25, 0.3) is 0 Å². The molecule has 74 valence electrons. The summed E-state index contributed by atoms with van der Waals surface area (Å²) in [5, 5.41) is 0. The minimum absolute atomic E-state index is 0.0268. The van der Waals surface area contributed by atoms with Crippen LogP contribution in [0.3, 0.4) is 0 Å². The lowest BCUT2D eigenvalue weighted by atomic mass is 9.96. The molecule has 0 saturated heterocycles. The highest BCUT2D eigenvalue weighted by Gasteiger charge is 2.24. The summed E-state index contributed by atoms with van der Waals surface area (Å²) in [6.07, 6.45) is 3.56. The van der Waals surface area contributed by atoms with Crippen molar-refractivity contribution in [3.63, 3.8) is 0 Å². The molecule has 0 N–H and O–H groups in total. The molecule has 0 spiro atoms. The van der Waals surface area contributed by atoms with Crippen molar-refractivity contribution in [1.29, 1.82) is 0 Å². The molecular weight excluding hydrogens is 176 g/mol. The number of hydrogen-bond donors (Lipinski definition) is 0. The van der Waals surface area contributed by atoms with Gasteiger partial charge in [-0.1, -0.05) is 20.8 Å². The maximum absolute atomic E-state index is 5.58. The number of pyridine rings is 1. The summed E-state index contributed by atoms with van der Waals surface area (Å²) < 4.78 is 5.58. The van der Waals surface area contributed by atoms with Gasteiger partial charge in [-0.25, -0.2) is 4.99 Å². The monoisotopic (exact) mass is 190 g/mol. The van der Waals surface area contributed by atoms with Crippen LogP contribution in [0.15, 0.2) is 23.5 Å². The zero-order chi connectivity index (χ0) is 10.2. The SMILES string of the molecule is CC(C)(C)C1=Nc2ccncc2CO1. The first kappa shape index (κ1) is 9.19. The molecule has 0 bridgehead atoms. The summed E-state index contributed by atoms with van der Waals surface area (Å²) in [5.41, 5.74) is 2.01. The highest BCUT2D eigenvalue weighted by atomic mass is 16.5. The Morgan fingerprint density at radius 2 is 2.14 bits per heavy atom. The molecule has 1 aliphatic heterocycles. The second-order valence-electron chi connectivity index (χ2n) is 4.46. The first-order valence-electron chi connectivity index (χ1n) is 4.72. The Hall–Kier alpha value is -1.38. The lowest BCUT2D eigenvalue weighted by Gasteiger charge is -2.25. The van der Waals surface area contributed by atoms with Crippen LogP contribution < -0.4 is 0 Å². The Balaban J connectivity index is 2.41. The maximum atomic E-state index is 5.58. The van der Waals surface area contributed by atoms with E-state index in [1.807, 2.05) is 6.07 Å². The predicted octanol–water partition coefficient (Wildman–Crippen LogP) is 2.69. The van der Waals surface area contributed by atoms with E-state index in [9.17, 15) is 0 Å². The van der Waals surface area contributed by atoms with Gasteiger partial charge in [0.2, 0.25) is 0 Å².